The van der Waals surface area contributed by atoms with E-state index in [9.17, 15) is 14.9 Å². The van der Waals surface area contributed by atoms with Gasteiger partial charge in [0.15, 0.2) is 0 Å². The van der Waals surface area contributed by atoms with E-state index >= 15 is 0 Å². The SMILES string of the molecule is CCOC(=O)OC1CC=C([N+](=O)[O-])CC1. The maximum Gasteiger partial charge on any atom is 0.508 e. The maximum atomic E-state index is 10.9. The monoisotopic (exact) mass is 215 g/mol. The van der Waals surface area contributed by atoms with Crippen LogP contribution in [0.15, 0.2) is 11.8 Å². The van der Waals surface area contributed by atoms with E-state index in [4.69, 9.17) is 4.74 Å². The zero-order valence-electron chi connectivity index (χ0n) is 8.47. The zero-order valence-corrected chi connectivity index (χ0v) is 8.47. The molecule has 0 aromatic carbocycles. The second kappa shape index (κ2) is 5.33. The van der Waals surface area contributed by atoms with Crippen LogP contribution in [0.25, 0.3) is 0 Å². The summed E-state index contributed by atoms with van der Waals surface area (Å²) in [6.45, 7) is 1.95. The zero-order chi connectivity index (χ0) is 11.3. The summed E-state index contributed by atoms with van der Waals surface area (Å²) in [6.07, 6.45) is 1.68. The lowest BCUT2D eigenvalue weighted by molar-refractivity contribution is -0.429. The lowest BCUT2D eigenvalue weighted by Crippen LogP contribution is -2.22. The topological polar surface area (TPSA) is 78.7 Å². The van der Waals surface area contributed by atoms with Crippen molar-refractivity contribution in [3.05, 3.63) is 21.9 Å². The van der Waals surface area contributed by atoms with E-state index in [1.807, 2.05) is 0 Å². The summed E-state index contributed by atoms with van der Waals surface area (Å²) in [7, 11) is 0. The Bertz CT molecular complexity index is 286. The first kappa shape index (κ1) is 11.5. The lowest BCUT2D eigenvalue weighted by Gasteiger charge is -2.18. The molecule has 0 aromatic rings. The van der Waals surface area contributed by atoms with Crippen molar-refractivity contribution in [1.82, 2.24) is 0 Å². The fourth-order valence-electron chi connectivity index (χ4n) is 1.36. The summed E-state index contributed by atoms with van der Waals surface area (Å²) in [5, 5.41) is 10.4. The van der Waals surface area contributed by atoms with Gasteiger partial charge in [0.05, 0.1) is 11.5 Å². The maximum absolute atomic E-state index is 10.9. The van der Waals surface area contributed by atoms with E-state index in [-0.39, 0.29) is 18.4 Å². The Labute approximate surface area is 87.0 Å². The van der Waals surface area contributed by atoms with Crippen LogP contribution in [-0.2, 0) is 9.47 Å². The summed E-state index contributed by atoms with van der Waals surface area (Å²) >= 11 is 0. The lowest BCUT2D eigenvalue weighted by atomic mass is 10.0. The molecule has 0 saturated carbocycles. The molecule has 6 heteroatoms. The minimum absolute atomic E-state index is 0.193. The van der Waals surface area contributed by atoms with E-state index in [1.165, 1.54) is 6.08 Å². The van der Waals surface area contributed by atoms with Crippen LogP contribution < -0.4 is 0 Å². The first-order valence-corrected chi connectivity index (χ1v) is 4.80. The van der Waals surface area contributed by atoms with Crippen molar-refractivity contribution in [3.63, 3.8) is 0 Å². The average Bonchev–Trinajstić information content (AvgIpc) is 2.18. The highest BCUT2D eigenvalue weighted by Crippen LogP contribution is 2.21. The number of nitrogens with zero attached hydrogens (tertiary/aromatic N) is 1. The molecule has 84 valence electrons. The van der Waals surface area contributed by atoms with Crippen molar-refractivity contribution in [2.45, 2.75) is 32.3 Å². The molecule has 0 heterocycles. The summed E-state index contributed by atoms with van der Waals surface area (Å²) in [5.41, 5.74) is 0.193. The van der Waals surface area contributed by atoms with Gasteiger partial charge in [-0.1, -0.05) is 0 Å². The predicted molar refractivity (Wildman–Crippen MR) is 50.8 cm³/mol. The number of rotatable bonds is 3. The van der Waals surface area contributed by atoms with Gasteiger partial charge < -0.3 is 9.47 Å². The van der Waals surface area contributed by atoms with E-state index in [1.54, 1.807) is 6.92 Å². The van der Waals surface area contributed by atoms with Crippen LogP contribution in [0.2, 0.25) is 0 Å². The van der Waals surface area contributed by atoms with Crippen LogP contribution in [0.4, 0.5) is 4.79 Å². The molecule has 0 radical (unpaired) electrons. The van der Waals surface area contributed by atoms with Gasteiger partial charge in [0.1, 0.15) is 6.10 Å². The normalized spacial score (nSPS) is 20.3. The third kappa shape index (κ3) is 3.57. The third-order valence-electron chi connectivity index (χ3n) is 2.10. The number of nitro groups is 1. The number of carbonyl (C=O) groups is 1. The molecule has 1 aliphatic rings. The molecular weight excluding hydrogens is 202 g/mol. The number of allylic oxidation sites excluding steroid dienone is 1. The van der Waals surface area contributed by atoms with Crippen LogP contribution >= 0.6 is 0 Å². The van der Waals surface area contributed by atoms with Crippen molar-refractivity contribution in [3.8, 4) is 0 Å². The standard InChI is InChI=1S/C9H13NO5/c1-2-14-9(11)15-8-5-3-7(4-6-8)10(12)13/h3,8H,2,4-6H2,1H3. The van der Waals surface area contributed by atoms with Crippen molar-refractivity contribution in [2.24, 2.45) is 0 Å². The molecule has 0 bridgehead atoms. The van der Waals surface area contributed by atoms with E-state index in [0.29, 0.717) is 19.3 Å². The van der Waals surface area contributed by atoms with Gasteiger partial charge in [-0.25, -0.2) is 4.79 Å². The molecule has 1 atom stereocenters. The quantitative estimate of drug-likeness (QED) is 0.408. The van der Waals surface area contributed by atoms with Gasteiger partial charge in [0.2, 0.25) is 5.70 Å². The van der Waals surface area contributed by atoms with Gasteiger partial charge in [0, 0.05) is 12.8 Å². The van der Waals surface area contributed by atoms with Crippen LogP contribution in [0, 0.1) is 10.1 Å². The molecule has 0 fully saturated rings. The number of hydrogen-bond acceptors (Lipinski definition) is 5. The number of hydrogen-bond donors (Lipinski definition) is 0. The Morgan fingerprint density at radius 3 is 2.93 bits per heavy atom. The van der Waals surface area contributed by atoms with Gasteiger partial charge in [-0.3, -0.25) is 10.1 Å². The van der Waals surface area contributed by atoms with Crippen LogP contribution in [-0.4, -0.2) is 23.8 Å². The molecule has 1 unspecified atom stereocenters. The molecule has 15 heavy (non-hydrogen) atoms. The van der Waals surface area contributed by atoms with Crippen molar-refractivity contribution in [2.75, 3.05) is 6.61 Å². The molecule has 0 saturated heterocycles. The Kier molecular flexibility index (Phi) is 4.08. The second-order valence-electron chi connectivity index (χ2n) is 3.15. The van der Waals surface area contributed by atoms with Gasteiger partial charge in [0.25, 0.3) is 0 Å². The largest absolute Gasteiger partial charge is 0.508 e. The van der Waals surface area contributed by atoms with Gasteiger partial charge >= 0.3 is 6.16 Å². The molecule has 0 N–H and O–H groups in total. The Hall–Kier alpha value is -1.59. The van der Waals surface area contributed by atoms with Crippen molar-refractivity contribution < 1.29 is 19.2 Å². The smallest absolute Gasteiger partial charge is 0.435 e. The molecule has 0 spiro atoms. The van der Waals surface area contributed by atoms with E-state index in [0.717, 1.165) is 0 Å². The third-order valence-corrected chi connectivity index (χ3v) is 2.10. The summed E-state index contributed by atoms with van der Waals surface area (Å²) in [4.78, 5) is 20.9. The summed E-state index contributed by atoms with van der Waals surface area (Å²) < 4.78 is 9.53. The Morgan fingerprint density at radius 2 is 2.47 bits per heavy atom. The number of carbonyl (C=O) groups excluding carboxylic acids is 1. The highest BCUT2D eigenvalue weighted by molar-refractivity contribution is 5.60. The molecule has 1 aliphatic carbocycles. The van der Waals surface area contributed by atoms with Crippen LogP contribution in [0.5, 0.6) is 0 Å². The highest BCUT2D eigenvalue weighted by atomic mass is 16.7. The molecule has 0 aliphatic heterocycles. The first-order chi connectivity index (χ1) is 7.13. The molecule has 0 amide bonds. The second-order valence-corrected chi connectivity index (χ2v) is 3.15. The molecule has 1 rings (SSSR count). The average molecular weight is 215 g/mol. The minimum Gasteiger partial charge on any atom is -0.435 e. The van der Waals surface area contributed by atoms with E-state index in [2.05, 4.69) is 4.74 Å². The van der Waals surface area contributed by atoms with Crippen molar-refractivity contribution in [1.29, 1.82) is 0 Å². The van der Waals surface area contributed by atoms with Crippen molar-refractivity contribution >= 4 is 6.16 Å². The fraction of sp³-hybridized carbons (Fsp3) is 0.667. The Balaban J connectivity index is 2.37. The van der Waals surface area contributed by atoms with Gasteiger partial charge in [-0.05, 0) is 19.4 Å². The Morgan fingerprint density at radius 1 is 1.73 bits per heavy atom. The van der Waals surface area contributed by atoms with E-state index < -0.39 is 11.1 Å². The first-order valence-electron chi connectivity index (χ1n) is 4.80. The fourth-order valence-corrected chi connectivity index (χ4v) is 1.36. The van der Waals surface area contributed by atoms with Gasteiger partial charge in [-0.15, -0.1) is 0 Å². The molecule has 0 aromatic heterocycles. The predicted octanol–water partition coefficient (Wildman–Crippen LogP) is 1.87. The van der Waals surface area contributed by atoms with Gasteiger partial charge in [-0.2, -0.15) is 0 Å². The molecule has 6 nitrogen and oxygen atoms in total. The van der Waals surface area contributed by atoms with Crippen LogP contribution in [0.1, 0.15) is 26.2 Å². The molecular formula is C9H13NO5. The minimum atomic E-state index is -0.708. The number of ether oxygens (including phenoxy) is 2. The summed E-state index contributed by atoms with van der Waals surface area (Å²) in [6, 6.07) is 0. The highest BCUT2D eigenvalue weighted by Gasteiger charge is 2.23. The summed E-state index contributed by atoms with van der Waals surface area (Å²) in [5.74, 6) is 0. The van der Waals surface area contributed by atoms with Crippen LogP contribution in [0.3, 0.4) is 0 Å².